The van der Waals surface area contributed by atoms with Crippen LogP contribution in [0.25, 0.3) is 0 Å². The number of ether oxygens (including phenoxy) is 1. The van der Waals surface area contributed by atoms with Gasteiger partial charge in [-0.15, -0.1) is 0 Å². The third-order valence-electron chi connectivity index (χ3n) is 4.10. The van der Waals surface area contributed by atoms with Crippen LogP contribution in [-0.2, 0) is 10.2 Å². The molecule has 1 aliphatic rings. The van der Waals surface area contributed by atoms with Gasteiger partial charge in [-0.25, -0.2) is 0 Å². The van der Waals surface area contributed by atoms with Crippen LogP contribution in [0.4, 0.5) is 0 Å². The van der Waals surface area contributed by atoms with E-state index in [4.69, 9.17) is 10.5 Å². The zero-order chi connectivity index (χ0) is 13.6. The van der Waals surface area contributed by atoms with E-state index in [1.807, 2.05) is 0 Å². The second-order valence-corrected chi connectivity index (χ2v) is 5.27. The van der Waals surface area contributed by atoms with Crippen LogP contribution in [0.1, 0.15) is 37.7 Å². The minimum absolute atomic E-state index is 0.0484. The number of hydrogen-bond donors (Lipinski definition) is 1. The number of rotatable bonds is 5. The van der Waals surface area contributed by atoms with Gasteiger partial charge < -0.3 is 10.5 Å². The smallest absolute Gasteiger partial charge is 0.104 e. The summed E-state index contributed by atoms with van der Waals surface area (Å²) in [5.74, 6) is 0.787. The lowest BCUT2D eigenvalue weighted by molar-refractivity contribution is 0.207. The minimum Gasteiger partial charge on any atom is -0.387 e. The maximum atomic E-state index is 6.35. The number of nitrogens with zero attached hydrogens (tertiary/aromatic N) is 1. The summed E-state index contributed by atoms with van der Waals surface area (Å²) in [6, 6.07) is 10.6. The molecule has 0 radical (unpaired) electrons. The Morgan fingerprint density at radius 3 is 2.53 bits per heavy atom. The fourth-order valence-electron chi connectivity index (χ4n) is 3.01. The monoisotopic (exact) mass is 260 g/mol. The van der Waals surface area contributed by atoms with Crippen molar-refractivity contribution in [3.8, 4) is 0 Å². The number of hydrogen-bond acceptors (Lipinski definition) is 2. The van der Waals surface area contributed by atoms with Crippen LogP contribution < -0.4 is 5.73 Å². The Morgan fingerprint density at radius 2 is 1.89 bits per heavy atom. The summed E-state index contributed by atoms with van der Waals surface area (Å²) in [4.78, 5) is 4.56. The Kier molecular flexibility index (Phi) is 4.97. The van der Waals surface area contributed by atoms with Crippen molar-refractivity contribution in [3.05, 3.63) is 35.9 Å². The van der Waals surface area contributed by atoms with Gasteiger partial charge in [0, 0.05) is 7.11 Å². The molecule has 0 saturated heterocycles. The van der Waals surface area contributed by atoms with E-state index in [0.29, 0.717) is 13.2 Å². The molecule has 0 amide bonds. The van der Waals surface area contributed by atoms with Gasteiger partial charge in [0.2, 0.25) is 0 Å². The van der Waals surface area contributed by atoms with Crippen molar-refractivity contribution in [2.45, 2.75) is 37.5 Å². The molecule has 0 aromatic heterocycles. The molecule has 0 atom stereocenters. The van der Waals surface area contributed by atoms with Gasteiger partial charge in [-0.3, -0.25) is 4.99 Å². The molecule has 1 aromatic carbocycles. The second kappa shape index (κ2) is 6.71. The van der Waals surface area contributed by atoms with Crippen LogP contribution in [0.15, 0.2) is 35.3 Å². The van der Waals surface area contributed by atoms with E-state index in [-0.39, 0.29) is 5.41 Å². The average molecular weight is 260 g/mol. The van der Waals surface area contributed by atoms with Crippen LogP contribution >= 0.6 is 0 Å². The molecular formula is C16H24N2O. The molecule has 2 rings (SSSR count). The number of methoxy groups -OCH3 is 1. The highest BCUT2D eigenvalue weighted by Gasteiger charge is 2.37. The summed E-state index contributed by atoms with van der Waals surface area (Å²) < 4.78 is 5.06. The predicted molar refractivity (Wildman–Crippen MR) is 79.6 cm³/mol. The summed E-state index contributed by atoms with van der Waals surface area (Å²) in [5.41, 5.74) is 7.62. The second-order valence-electron chi connectivity index (χ2n) is 5.27. The maximum Gasteiger partial charge on any atom is 0.104 e. The van der Waals surface area contributed by atoms with E-state index in [1.54, 1.807) is 7.11 Å². The quantitative estimate of drug-likeness (QED) is 0.503. The lowest BCUT2D eigenvalue weighted by atomic mass is 9.68. The van der Waals surface area contributed by atoms with Gasteiger partial charge in [-0.2, -0.15) is 0 Å². The molecule has 0 aliphatic heterocycles. The molecule has 104 valence electrons. The SMILES string of the molecule is COCCN=C(N)C1(c2ccccc2)CCCCC1. The van der Waals surface area contributed by atoms with Crippen molar-refractivity contribution in [1.82, 2.24) is 0 Å². The van der Waals surface area contributed by atoms with Gasteiger partial charge in [0.05, 0.1) is 18.6 Å². The molecule has 0 unspecified atom stereocenters. The summed E-state index contributed by atoms with van der Waals surface area (Å²) in [6.45, 7) is 1.28. The molecule has 19 heavy (non-hydrogen) atoms. The van der Waals surface area contributed by atoms with Crippen LogP contribution in [0, 0.1) is 0 Å². The number of benzene rings is 1. The summed E-state index contributed by atoms with van der Waals surface area (Å²) in [7, 11) is 1.69. The number of amidine groups is 1. The Balaban J connectivity index is 2.27. The van der Waals surface area contributed by atoms with Gasteiger partial charge in [0.25, 0.3) is 0 Å². The highest BCUT2D eigenvalue weighted by molar-refractivity contribution is 5.91. The predicted octanol–water partition coefficient (Wildman–Crippen LogP) is 2.89. The highest BCUT2D eigenvalue weighted by atomic mass is 16.5. The Hall–Kier alpha value is -1.35. The molecule has 1 aromatic rings. The Morgan fingerprint density at radius 1 is 1.21 bits per heavy atom. The topological polar surface area (TPSA) is 47.6 Å². The zero-order valence-corrected chi connectivity index (χ0v) is 11.8. The molecule has 1 aliphatic carbocycles. The van der Waals surface area contributed by atoms with E-state index < -0.39 is 0 Å². The molecule has 3 nitrogen and oxygen atoms in total. The van der Waals surface area contributed by atoms with Crippen LogP contribution in [0.2, 0.25) is 0 Å². The van der Waals surface area contributed by atoms with Crippen LogP contribution in [0.5, 0.6) is 0 Å². The number of nitrogens with two attached hydrogens (primary N) is 1. The van der Waals surface area contributed by atoms with Crippen molar-refractivity contribution >= 4 is 5.84 Å². The highest BCUT2D eigenvalue weighted by Crippen LogP contribution is 2.39. The largest absolute Gasteiger partial charge is 0.387 e. The van der Waals surface area contributed by atoms with Crippen molar-refractivity contribution in [2.24, 2.45) is 10.7 Å². The standard InChI is InChI=1S/C16H24N2O/c1-19-13-12-18-15(17)16(10-6-3-7-11-16)14-8-4-2-5-9-14/h2,4-5,8-9H,3,6-7,10-13H2,1H3,(H2,17,18). The van der Waals surface area contributed by atoms with Crippen molar-refractivity contribution in [1.29, 1.82) is 0 Å². The lowest BCUT2D eigenvalue weighted by Crippen LogP contribution is -2.43. The first kappa shape index (κ1) is 14.1. The first-order valence-corrected chi connectivity index (χ1v) is 7.14. The average Bonchev–Trinajstić information content (AvgIpc) is 2.49. The third-order valence-corrected chi connectivity index (χ3v) is 4.10. The Bertz CT molecular complexity index is 408. The van der Waals surface area contributed by atoms with E-state index in [1.165, 1.54) is 24.8 Å². The summed E-state index contributed by atoms with van der Waals surface area (Å²) in [6.07, 6.45) is 5.99. The maximum absolute atomic E-state index is 6.35. The van der Waals surface area contributed by atoms with E-state index in [0.717, 1.165) is 18.7 Å². The first-order valence-electron chi connectivity index (χ1n) is 7.14. The van der Waals surface area contributed by atoms with Crippen molar-refractivity contribution < 1.29 is 4.74 Å². The first-order chi connectivity index (χ1) is 9.29. The van der Waals surface area contributed by atoms with E-state index >= 15 is 0 Å². The molecule has 1 saturated carbocycles. The molecule has 0 heterocycles. The molecule has 2 N–H and O–H groups in total. The molecule has 0 spiro atoms. The summed E-state index contributed by atoms with van der Waals surface area (Å²) >= 11 is 0. The van der Waals surface area contributed by atoms with Gasteiger partial charge in [-0.05, 0) is 18.4 Å². The summed E-state index contributed by atoms with van der Waals surface area (Å²) in [5, 5.41) is 0. The van der Waals surface area contributed by atoms with E-state index in [2.05, 4.69) is 35.3 Å². The van der Waals surface area contributed by atoms with E-state index in [9.17, 15) is 0 Å². The van der Waals surface area contributed by atoms with Crippen molar-refractivity contribution in [3.63, 3.8) is 0 Å². The molecular weight excluding hydrogens is 236 g/mol. The zero-order valence-electron chi connectivity index (χ0n) is 11.8. The van der Waals surface area contributed by atoms with Crippen LogP contribution in [0.3, 0.4) is 0 Å². The number of aliphatic imine (C=N–C) groups is 1. The fourth-order valence-corrected chi connectivity index (χ4v) is 3.01. The van der Waals surface area contributed by atoms with Crippen molar-refractivity contribution in [2.75, 3.05) is 20.3 Å². The van der Waals surface area contributed by atoms with Gasteiger partial charge in [-0.1, -0.05) is 49.6 Å². The normalized spacial score (nSPS) is 19.3. The molecule has 3 heteroatoms. The molecule has 1 fully saturated rings. The lowest BCUT2D eigenvalue weighted by Gasteiger charge is -2.37. The van der Waals surface area contributed by atoms with Gasteiger partial charge >= 0.3 is 0 Å². The van der Waals surface area contributed by atoms with Gasteiger partial charge in [0.15, 0.2) is 0 Å². The minimum atomic E-state index is -0.0484. The third kappa shape index (κ3) is 3.16. The Labute approximate surface area is 115 Å². The molecule has 0 bridgehead atoms. The van der Waals surface area contributed by atoms with Gasteiger partial charge in [0.1, 0.15) is 5.84 Å². The fraction of sp³-hybridized carbons (Fsp3) is 0.562. The van der Waals surface area contributed by atoms with Crippen LogP contribution in [-0.4, -0.2) is 26.1 Å².